The fourth-order valence-corrected chi connectivity index (χ4v) is 1.11. The van der Waals surface area contributed by atoms with Gasteiger partial charge in [0.15, 0.2) is 5.79 Å². The molecule has 0 aromatic carbocycles. The van der Waals surface area contributed by atoms with Crippen molar-refractivity contribution in [3.05, 3.63) is 0 Å². The van der Waals surface area contributed by atoms with Crippen LogP contribution >= 0.6 is 0 Å². The lowest BCUT2D eigenvalue weighted by atomic mass is 10.1. The van der Waals surface area contributed by atoms with Gasteiger partial charge in [-0.15, -0.1) is 0 Å². The standard InChI is InChI=1S/C6H14N2O.C3H8O2/c7-2-5-1-6(3-8)9-4-5;1-3(2,4)5/h5-6H,1-4,7-8H2;4-5H,1-2H3. The summed E-state index contributed by atoms with van der Waals surface area (Å²) in [5.74, 6) is -0.946. The van der Waals surface area contributed by atoms with Gasteiger partial charge in [-0.25, -0.2) is 0 Å². The van der Waals surface area contributed by atoms with Crippen molar-refractivity contribution >= 4 is 0 Å². The van der Waals surface area contributed by atoms with Gasteiger partial charge in [-0.3, -0.25) is 0 Å². The second-order valence-corrected chi connectivity index (χ2v) is 4.02. The molecule has 86 valence electrons. The van der Waals surface area contributed by atoms with Crippen molar-refractivity contribution in [1.82, 2.24) is 0 Å². The van der Waals surface area contributed by atoms with Crippen molar-refractivity contribution < 1.29 is 14.9 Å². The Hall–Kier alpha value is -0.200. The van der Waals surface area contributed by atoms with E-state index < -0.39 is 5.79 Å². The van der Waals surface area contributed by atoms with Crippen LogP contribution in [0.1, 0.15) is 20.3 Å². The molecule has 2 atom stereocenters. The van der Waals surface area contributed by atoms with Gasteiger partial charge >= 0.3 is 0 Å². The summed E-state index contributed by atoms with van der Waals surface area (Å²) in [6.07, 6.45) is 1.33. The van der Waals surface area contributed by atoms with E-state index in [2.05, 4.69) is 0 Å². The van der Waals surface area contributed by atoms with Gasteiger partial charge < -0.3 is 26.4 Å². The number of hydrogen-bond donors (Lipinski definition) is 4. The number of nitrogens with two attached hydrogens (primary N) is 2. The maximum absolute atomic E-state index is 8.08. The second-order valence-electron chi connectivity index (χ2n) is 4.02. The predicted octanol–water partition coefficient (Wildman–Crippen LogP) is -0.984. The van der Waals surface area contributed by atoms with Crippen LogP contribution in [0.25, 0.3) is 0 Å². The molecule has 1 aliphatic heterocycles. The molecule has 1 saturated heterocycles. The molecule has 0 saturated carbocycles. The highest BCUT2D eigenvalue weighted by atomic mass is 16.5. The molecule has 0 aliphatic carbocycles. The number of aliphatic hydroxyl groups is 2. The van der Waals surface area contributed by atoms with Gasteiger partial charge in [0.25, 0.3) is 0 Å². The minimum Gasteiger partial charge on any atom is -0.377 e. The Labute approximate surface area is 85.0 Å². The van der Waals surface area contributed by atoms with Crippen LogP contribution in [0.5, 0.6) is 0 Å². The van der Waals surface area contributed by atoms with E-state index in [1.807, 2.05) is 0 Å². The molecule has 1 aliphatic rings. The molecule has 5 heteroatoms. The normalized spacial score (nSPS) is 27.0. The van der Waals surface area contributed by atoms with Gasteiger partial charge in [0.2, 0.25) is 0 Å². The largest absolute Gasteiger partial charge is 0.377 e. The summed E-state index contributed by atoms with van der Waals surface area (Å²) in [6, 6.07) is 0. The van der Waals surface area contributed by atoms with Crippen LogP contribution in [-0.2, 0) is 4.74 Å². The van der Waals surface area contributed by atoms with Crippen molar-refractivity contribution in [1.29, 1.82) is 0 Å². The van der Waals surface area contributed by atoms with E-state index in [9.17, 15) is 0 Å². The summed E-state index contributed by atoms with van der Waals surface area (Å²) in [5, 5.41) is 16.2. The van der Waals surface area contributed by atoms with Gasteiger partial charge in [-0.05, 0) is 32.7 Å². The lowest BCUT2D eigenvalue weighted by molar-refractivity contribution is -0.127. The van der Waals surface area contributed by atoms with Crippen molar-refractivity contribution in [2.75, 3.05) is 19.7 Å². The molecule has 0 aromatic heterocycles. The maximum Gasteiger partial charge on any atom is 0.156 e. The fourth-order valence-electron chi connectivity index (χ4n) is 1.11. The first-order valence-electron chi connectivity index (χ1n) is 4.83. The van der Waals surface area contributed by atoms with Gasteiger partial charge in [0.05, 0.1) is 12.7 Å². The smallest absolute Gasteiger partial charge is 0.156 e. The first-order chi connectivity index (χ1) is 6.36. The lowest BCUT2D eigenvalue weighted by Crippen LogP contribution is -2.19. The summed E-state index contributed by atoms with van der Waals surface area (Å²) in [6.45, 7) is 4.77. The summed E-state index contributed by atoms with van der Waals surface area (Å²) in [4.78, 5) is 0. The van der Waals surface area contributed by atoms with Crippen molar-refractivity contribution in [2.24, 2.45) is 17.4 Å². The highest BCUT2D eigenvalue weighted by Crippen LogP contribution is 2.16. The van der Waals surface area contributed by atoms with Crippen LogP contribution in [-0.4, -0.2) is 41.8 Å². The molecule has 2 unspecified atom stereocenters. The van der Waals surface area contributed by atoms with E-state index in [1.165, 1.54) is 13.8 Å². The van der Waals surface area contributed by atoms with Crippen molar-refractivity contribution in [3.63, 3.8) is 0 Å². The highest BCUT2D eigenvalue weighted by molar-refractivity contribution is 4.73. The van der Waals surface area contributed by atoms with E-state index in [0.29, 0.717) is 12.5 Å². The Balaban J connectivity index is 0.000000292. The zero-order valence-corrected chi connectivity index (χ0v) is 8.94. The van der Waals surface area contributed by atoms with Crippen LogP contribution in [0.2, 0.25) is 0 Å². The monoisotopic (exact) mass is 206 g/mol. The molecule has 14 heavy (non-hydrogen) atoms. The summed E-state index contributed by atoms with van der Waals surface area (Å²) >= 11 is 0. The number of ether oxygens (including phenoxy) is 1. The third-order valence-corrected chi connectivity index (χ3v) is 1.76. The Morgan fingerprint density at radius 2 is 1.79 bits per heavy atom. The minimum absolute atomic E-state index is 0.276. The Bertz CT molecular complexity index is 131. The molecule has 0 aromatic rings. The Morgan fingerprint density at radius 3 is 2.00 bits per heavy atom. The molecule has 1 rings (SSSR count). The number of hydrogen-bond acceptors (Lipinski definition) is 5. The molecular weight excluding hydrogens is 184 g/mol. The highest BCUT2D eigenvalue weighted by Gasteiger charge is 2.22. The van der Waals surface area contributed by atoms with Crippen LogP contribution < -0.4 is 11.5 Å². The van der Waals surface area contributed by atoms with Crippen molar-refractivity contribution in [2.45, 2.75) is 32.2 Å². The summed E-state index contributed by atoms with van der Waals surface area (Å²) in [7, 11) is 0. The van der Waals surface area contributed by atoms with E-state index in [1.54, 1.807) is 0 Å². The third kappa shape index (κ3) is 8.40. The fraction of sp³-hybridized carbons (Fsp3) is 1.00. The summed E-state index contributed by atoms with van der Waals surface area (Å²) in [5.41, 5.74) is 10.8. The van der Waals surface area contributed by atoms with E-state index >= 15 is 0 Å². The third-order valence-electron chi connectivity index (χ3n) is 1.76. The summed E-state index contributed by atoms with van der Waals surface area (Å²) < 4.78 is 5.30. The van der Waals surface area contributed by atoms with Crippen LogP contribution in [0.15, 0.2) is 0 Å². The minimum atomic E-state index is -1.50. The first-order valence-corrected chi connectivity index (χ1v) is 4.83. The van der Waals surface area contributed by atoms with Gasteiger partial charge in [-0.2, -0.15) is 0 Å². The topological polar surface area (TPSA) is 102 Å². The van der Waals surface area contributed by atoms with Gasteiger partial charge in [0.1, 0.15) is 0 Å². The van der Waals surface area contributed by atoms with E-state index in [0.717, 1.165) is 19.6 Å². The molecule has 5 nitrogen and oxygen atoms in total. The average Bonchev–Trinajstić information content (AvgIpc) is 2.48. The van der Waals surface area contributed by atoms with Crippen molar-refractivity contribution in [3.8, 4) is 0 Å². The Kier molecular flexibility index (Phi) is 6.22. The molecule has 0 radical (unpaired) electrons. The van der Waals surface area contributed by atoms with Gasteiger partial charge in [0, 0.05) is 6.54 Å². The predicted molar refractivity (Wildman–Crippen MR) is 54.5 cm³/mol. The molecular formula is C9H22N2O3. The molecule has 0 amide bonds. The molecule has 0 bridgehead atoms. The van der Waals surface area contributed by atoms with Gasteiger partial charge in [-0.1, -0.05) is 0 Å². The van der Waals surface area contributed by atoms with Crippen LogP contribution in [0.4, 0.5) is 0 Å². The molecule has 0 spiro atoms. The molecule has 1 fully saturated rings. The quantitative estimate of drug-likeness (QED) is 0.435. The van der Waals surface area contributed by atoms with Crippen LogP contribution in [0.3, 0.4) is 0 Å². The van der Waals surface area contributed by atoms with E-state index in [4.69, 9.17) is 26.4 Å². The Morgan fingerprint density at radius 1 is 1.29 bits per heavy atom. The second kappa shape index (κ2) is 6.31. The first kappa shape index (κ1) is 13.8. The molecule has 1 heterocycles. The zero-order valence-electron chi connectivity index (χ0n) is 8.94. The molecule has 6 N–H and O–H groups in total. The SMILES string of the molecule is CC(C)(O)O.NCC1COC(CN)C1. The lowest BCUT2D eigenvalue weighted by Gasteiger charge is -2.03. The zero-order chi connectivity index (χ0) is 11.2. The number of rotatable bonds is 2. The maximum atomic E-state index is 8.08. The van der Waals surface area contributed by atoms with Crippen LogP contribution in [0, 0.1) is 5.92 Å². The van der Waals surface area contributed by atoms with E-state index in [-0.39, 0.29) is 6.10 Å². The average molecular weight is 206 g/mol.